The summed E-state index contributed by atoms with van der Waals surface area (Å²) in [6.07, 6.45) is 2.24. The lowest BCUT2D eigenvalue weighted by molar-refractivity contribution is -0.0280. The van der Waals surface area contributed by atoms with Crippen molar-refractivity contribution in [2.24, 2.45) is 0 Å². The van der Waals surface area contributed by atoms with E-state index in [0.29, 0.717) is 145 Å². The van der Waals surface area contributed by atoms with Crippen molar-refractivity contribution in [1.82, 2.24) is 0 Å². The molecule has 0 fully saturated rings. The summed E-state index contributed by atoms with van der Waals surface area (Å²) in [5, 5.41) is 0. The largest absolute Gasteiger partial charge is 0.382 e. The van der Waals surface area contributed by atoms with Crippen molar-refractivity contribution in [2.45, 2.75) is 19.8 Å². The standard InChI is InChI=1S/C27H56O12/c1-3-4-5-29-8-9-31-12-13-33-16-17-35-20-21-37-24-25-39-27-26-38-23-22-36-19-18-34-15-14-32-11-10-30-7-6-28-2/h3-27H2,1-2H3. The Bertz CT molecular complexity index is 384. The van der Waals surface area contributed by atoms with E-state index in [1.807, 2.05) is 0 Å². The molecular formula is C27H56O12. The highest BCUT2D eigenvalue weighted by Gasteiger charge is 1.96. The first-order valence-electron chi connectivity index (χ1n) is 14.3. The molecule has 0 aliphatic rings. The molecule has 12 heteroatoms. The minimum Gasteiger partial charge on any atom is -0.382 e. The van der Waals surface area contributed by atoms with Crippen LogP contribution in [0, 0.1) is 0 Å². The van der Waals surface area contributed by atoms with Crippen molar-refractivity contribution in [3.05, 3.63) is 0 Å². The fraction of sp³-hybridized carbons (Fsp3) is 1.00. The smallest absolute Gasteiger partial charge is 0.0701 e. The second kappa shape index (κ2) is 37.5. The molecule has 0 amide bonds. The third-order valence-electron chi connectivity index (χ3n) is 4.79. The molecule has 0 N–H and O–H groups in total. The van der Waals surface area contributed by atoms with Crippen LogP contribution < -0.4 is 0 Å². The fourth-order valence-corrected chi connectivity index (χ4v) is 2.69. The van der Waals surface area contributed by atoms with Crippen LogP contribution in [0.1, 0.15) is 19.8 Å². The molecule has 0 bridgehead atoms. The van der Waals surface area contributed by atoms with E-state index in [0.717, 1.165) is 19.4 Å². The highest BCUT2D eigenvalue weighted by atomic mass is 16.6. The van der Waals surface area contributed by atoms with Gasteiger partial charge in [-0.25, -0.2) is 0 Å². The van der Waals surface area contributed by atoms with Gasteiger partial charge in [0.05, 0.1) is 145 Å². The van der Waals surface area contributed by atoms with Gasteiger partial charge in [-0.15, -0.1) is 0 Å². The lowest BCUT2D eigenvalue weighted by Crippen LogP contribution is -2.15. The first-order chi connectivity index (χ1) is 19.4. The maximum atomic E-state index is 5.47. The van der Waals surface area contributed by atoms with E-state index in [2.05, 4.69) is 6.92 Å². The SMILES string of the molecule is CCCCOCCOCCOCCOCCOCCOCCOCCOCCOCCOCCOCCOC. The Morgan fingerprint density at radius 1 is 0.256 bits per heavy atom. The summed E-state index contributed by atoms with van der Waals surface area (Å²) in [5.41, 5.74) is 0. The van der Waals surface area contributed by atoms with Crippen molar-refractivity contribution < 1.29 is 56.8 Å². The molecule has 0 spiro atoms. The van der Waals surface area contributed by atoms with Crippen molar-refractivity contribution in [2.75, 3.05) is 159 Å². The lowest BCUT2D eigenvalue weighted by atomic mass is 10.4. The van der Waals surface area contributed by atoms with Gasteiger partial charge in [0.2, 0.25) is 0 Å². The van der Waals surface area contributed by atoms with E-state index in [1.165, 1.54) is 0 Å². The molecule has 0 aliphatic carbocycles. The normalized spacial score (nSPS) is 11.5. The van der Waals surface area contributed by atoms with Gasteiger partial charge in [-0.2, -0.15) is 0 Å². The monoisotopic (exact) mass is 572 g/mol. The number of methoxy groups -OCH3 is 1. The summed E-state index contributed by atoms with van der Waals surface area (Å²) >= 11 is 0. The molecule has 0 saturated carbocycles. The third-order valence-corrected chi connectivity index (χ3v) is 4.79. The van der Waals surface area contributed by atoms with E-state index in [-0.39, 0.29) is 0 Å². The van der Waals surface area contributed by atoms with E-state index in [4.69, 9.17) is 56.8 Å². The second-order valence-electron chi connectivity index (χ2n) is 8.08. The molecule has 0 unspecified atom stereocenters. The highest BCUT2D eigenvalue weighted by molar-refractivity contribution is 4.39. The van der Waals surface area contributed by atoms with Gasteiger partial charge in [-0.05, 0) is 6.42 Å². The predicted molar refractivity (Wildman–Crippen MR) is 146 cm³/mol. The van der Waals surface area contributed by atoms with Crippen LogP contribution in [0.5, 0.6) is 0 Å². The zero-order chi connectivity index (χ0) is 28.2. The highest BCUT2D eigenvalue weighted by Crippen LogP contribution is 1.89. The van der Waals surface area contributed by atoms with Crippen LogP contribution in [0.2, 0.25) is 0 Å². The summed E-state index contributed by atoms with van der Waals surface area (Å²) in [6.45, 7) is 15.0. The first-order valence-corrected chi connectivity index (χ1v) is 14.3. The van der Waals surface area contributed by atoms with Crippen LogP contribution in [-0.4, -0.2) is 159 Å². The lowest BCUT2D eigenvalue weighted by Gasteiger charge is -2.09. The summed E-state index contributed by atoms with van der Waals surface area (Å²) in [5.74, 6) is 0. The second-order valence-corrected chi connectivity index (χ2v) is 8.08. The molecule has 0 rings (SSSR count). The number of hydrogen-bond donors (Lipinski definition) is 0. The fourth-order valence-electron chi connectivity index (χ4n) is 2.69. The average molecular weight is 573 g/mol. The quantitative estimate of drug-likeness (QED) is 0.102. The molecule has 0 aromatic heterocycles. The Kier molecular flexibility index (Phi) is 37.1. The summed E-state index contributed by atoms with van der Waals surface area (Å²) < 4.78 is 64.6. The van der Waals surface area contributed by atoms with Crippen LogP contribution >= 0.6 is 0 Å². The van der Waals surface area contributed by atoms with Gasteiger partial charge in [0.15, 0.2) is 0 Å². The minimum absolute atomic E-state index is 0.521. The van der Waals surface area contributed by atoms with E-state index < -0.39 is 0 Å². The van der Waals surface area contributed by atoms with Crippen LogP contribution in [-0.2, 0) is 56.8 Å². The zero-order valence-corrected chi connectivity index (χ0v) is 24.6. The molecular weight excluding hydrogens is 516 g/mol. The molecule has 39 heavy (non-hydrogen) atoms. The predicted octanol–water partition coefficient (Wildman–Crippen LogP) is 1.62. The Morgan fingerprint density at radius 3 is 0.615 bits per heavy atom. The van der Waals surface area contributed by atoms with Crippen molar-refractivity contribution in [1.29, 1.82) is 0 Å². The Labute approximate surface area is 236 Å². The summed E-state index contributed by atoms with van der Waals surface area (Å²) in [7, 11) is 1.65. The maximum absolute atomic E-state index is 5.47. The van der Waals surface area contributed by atoms with E-state index in [1.54, 1.807) is 7.11 Å². The van der Waals surface area contributed by atoms with Gasteiger partial charge in [0.1, 0.15) is 0 Å². The van der Waals surface area contributed by atoms with E-state index in [9.17, 15) is 0 Å². The van der Waals surface area contributed by atoms with Crippen LogP contribution in [0.15, 0.2) is 0 Å². The Balaban J connectivity index is 3.01. The van der Waals surface area contributed by atoms with Crippen molar-refractivity contribution in [3.63, 3.8) is 0 Å². The van der Waals surface area contributed by atoms with Crippen LogP contribution in [0.25, 0.3) is 0 Å². The summed E-state index contributed by atoms with van der Waals surface area (Å²) in [4.78, 5) is 0. The molecule has 0 atom stereocenters. The Morgan fingerprint density at radius 2 is 0.436 bits per heavy atom. The molecule has 0 aliphatic heterocycles. The topological polar surface area (TPSA) is 111 Å². The zero-order valence-electron chi connectivity index (χ0n) is 24.6. The van der Waals surface area contributed by atoms with Gasteiger partial charge in [0, 0.05) is 13.7 Å². The third kappa shape index (κ3) is 37.5. The molecule has 0 aromatic rings. The maximum Gasteiger partial charge on any atom is 0.0701 e. The molecule has 0 aromatic carbocycles. The molecule has 0 heterocycles. The summed E-state index contributed by atoms with van der Waals surface area (Å²) in [6, 6.07) is 0. The number of hydrogen-bond acceptors (Lipinski definition) is 12. The van der Waals surface area contributed by atoms with Gasteiger partial charge in [0.25, 0.3) is 0 Å². The van der Waals surface area contributed by atoms with Crippen LogP contribution in [0.4, 0.5) is 0 Å². The molecule has 236 valence electrons. The van der Waals surface area contributed by atoms with Gasteiger partial charge in [-0.3, -0.25) is 0 Å². The number of ether oxygens (including phenoxy) is 12. The van der Waals surface area contributed by atoms with Gasteiger partial charge < -0.3 is 56.8 Å². The van der Waals surface area contributed by atoms with Gasteiger partial charge in [-0.1, -0.05) is 13.3 Å². The van der Waals surface area contributed by atoms with E-state index >= 15 is 0 Å². The first kappa shape index (κ1) is 38.5. The molecule has 0 saturated heterocycles. The molecule has 12 nitrogen and oxygen atoms in total. The number of unbranched alkanes of at least 4 members (excludes halogenated alkanes) is 1. The molecule has 0 radical (unpaired) electrons. The number of rotatable bonds is 36. The van der Waals surface area contributed by atoms with Crippen molar-refractivity contribution >= 4 is 0 Å². The average Bonchev–Trinajstić information content (AvgIpc) is 2.95. The van der Waals surface area contributed by atoms with Crippen LogP contribution in [0.3, 0.4) is 0 Å². The Hall–Kier alpha value is -0.480. The van der Waals surface area contributed by atoms with Crippen molar-refractivity contribution in [3.8, 4) is 0 Å². The van der Waals surface area contributed by atoms with Gasteiger partial charge >= 0.3 is 0 Å². The minimum atomic E-state index is 0.521.